The van der Waals surface area contributed by atoms with E-state index in [4.69, 9.17) is 11.6 Å². The maximum Gasteiger partial charge on any atom is 0.274 e. The highest BCUT2D eigenvalue weighted by atomic mass is 35.5. The first-order valence-corrected chi connectivity index (χ1v) is 8.11. The van der Waals surface area contributed by atoms with Gasteiger partial charge in [-0.05, 0) is 12.8 Å². The Hall–Kier alpha value is -2.02. The van der Waals surface area contributed by atoms with Gasteiger partial charge in [-0.2, -0.15) is 0 Å². The average Bonchev–Trinajstić information content (AvgIpc) is 3.19. The minimum absolute atomic E-state index is 0.0812. The van der Waals surface area contributed by atoms with Crippen molar-refractivity contribution < 1.29 is 4.79 Å². The van der Waals surface area contributed by atoms with Crippen molar-refractivity contribution in [2.75, 3.05) is 6.54 Å². The summed E-state index contributed by atoms with van der Waals surface area (Å²) in [6.07, 6.45) is 6.85. The van der Waals surface area contributed by atoms with Gasteiger partial charge in [-0.25, -0.2) is 9.97 Å². The Bertz CT molecular complexity index is 687. The second kappa shape index (κ2) is 6.62. The van der Waals surface area contributed by atoms with E-state index in [0.717, 1.165) is 12.8 Å². The largest absolute Gasteiger partial charge is 0.332 e. The van der Waals surface area contributed by atoms with E-state index in [2.05, 4.69) is 20.3 Å². The van der Waals surface area contributed by atoms with Gasteiger partial charge in [-0.1, -0.05) is 30.7 Å². The average molecular weight is 335 g/mol. The summed E-state index contributed by atoms with van der Waals surface area (Å²) >= 11 is 6.16. The first-order valence-electron chi connectivity index (χ1n) is 7.73. The Morgan fingerprint density at radius 2 is 2.30 bits per heavy atom. The standard InChI is InChI=1S/C15H19ClN6O/c1-10(2)14-17-8-12(16)13(19-14)15(23)22-6-3-4-11(22)9-21-7-5-18-20-21/h5,7-8,10-11H,3-4,6,9H2,1-2H3/t11-/m0/s1. The fourth-order valence-corrected chi connectivity index (χ4v) is 2.96. The van der Waals surface area contributed by atoms with E-state index >= 15 is 0 Å². The highest BCUT2D eigenvalue weighted by Gasteiger charge is 2.32. The van der Waals surface area contributed by atoms with Crippen molar-refractivity contribution in [3.05, 3.63) is 35.1 Å². The molecule has 2 aromatic heterocycles. The lowest BCUT2D eigenvalue weighted by Gasteiger charge is -2.24. The molecule has 0 unspecified atom stereocenters. The summed E-state index contributed by atoms with van der Waals surface area (Å²) < 4.78 is 1.75. The van der Waals surface area contributed by atoms with Crippen LogP contribution in [0.5, 0.6) is 0 Å². The molecular weight excluding hydrogens is 316 g/mol. The third-order valence-electron chi connectivity index (χ3n) is 3.99. The molecule has 0 aliphatic carbocycles. The van der Waals surface area contributed by atoms with Crippen LogP contribution < -0.4 is 0 Å². The Kier molecular flexibility index (Phi) is 4.56. The molecule has 1 saturated heterocycles. The molecule has 0 N–H and O–H groups in total. The molecule has 1 aliphatic heterocycles. The lowest BCUT2D eigenvalue weighted by molar-refractivity contribution is 0.0715. The molecule has 1 fully saturated rings. The maximum absolute atomic E-state index is 12.9. The Labute approximate surface area is 139 Å². The Morgan fingerprint density at radius 3 is 3.00 bits per heavy atom. The van der Waals surface area contributed by atoms with E-state index in [0.29, 0.717) is 23.9 Å². The molecule has 2 aromatic rings. The number of likely N-dealkylation sites (tertiary alicyclic amines) is 1. The van der Waals surface area contributed by atoms with Crippen LogP contribution in [0.15, 0.2) is 18.6 Å². The lowest BCUT2D eigenvalue weighted by atomic mass is 10.2. The van der Waals surface area contributed by atoms with Gasteiger partial charge < -0.3 is 4.90 Å². The smallest absolute Gasteiger partial charge is 0.274 e. The number of aromatic nitrogens is 5. The second-order valence-electron chi connectivity index (χ2n) is 6.00. The number of nitrogens with zero attached hydrogens (tertiary/aromatic N) is 6. The van der Waals surface area contributed by atoms with Gasteiger partial charge >= 0.3 is 0 Å². The normalized spacial score (nSPS) is 17.9. The molecule has 122 valence electrons. The first-order chi connectivity index (χ1) is 11.1. The number of carbonyl (C=O) groups excluding carboxylic acids is 1. The molecular formula is C15H19ClN6O. The summed E-state index contributed by atoms with van der Waals surface area (Å²) in [6, 6.07) is 0.0812. The minimum atomic E-state index is -0.137. The Morgan fingerprint density at radius 1 is 1.48 bits per heavy atom. The molecule has 0 bridgehead atoms. The summed E-state index contributed by atoms with van der Waals surface area (Å²) in [5.41, 5.74) is 0.288. The zero-order valence-corrected chi connectivity index (χ0v) is 13.9. The van der Waals surface area contributed by atoms with E-state index < -0.39 is 0 Å². The van der Waals surface area contributed by atoms with E-state index in [1.54, 1.807) is 17.1 Å². The number of halogens is 1. The second-order valence-corrected chi connectivity index (χ2v) is 6.41. The molecule has 0 aromatic carbocycles. The number of hydrogen-bond donors (Lipinski definition) is 0. The van der Waals surface area contributed by atoms with Gasteiger partial charge in [0.25, 0.3) is 5.91 Å². The van der Waals surface area contributed by atoms with Crippen LogP contribution >= 0.6 is 11.6 Å². The number of hydrogen-bond acceptors (Lipinski definition) is 5. The van der Waals surface area contributed by atoms with E-state index in [9.17, 15) is 4.79 Å². The molecule has 23 heavy (non-hydrogen) atoms. The van der Waals surface area contributed by atoms with Crippen LogP contribution in [0.25, 0.3) is 0 Å². The fraction of sp³-hybridized carbons (Fsp3) is 0.533. The monoisotopic (exact) mass is 334 g/mol. The van der Waals surface area contributed by atoms with Crippen molar-refractivity contribution in [1.82, 2.24) is 29.9 Å². The van der Waals surface area contributed by atoms with E-state index in [1.165, 1.54) is 6.20 Å². The summed E-state index contributed by atoms with van der Waals surface area (Å²) in [6.45, 7) is 5.31. The van der Waals surface area contributed by atoms with Crippen molar-refractivity contribution in [2.45, 2.75) is 45.2 Å². The van der Waals surface area contributed by atoms with Crippen molar-refractivity contribution >= 4 is 17.5 Å². The van der Waals surface area contributed by atoms with Crippen LogP contribution in [0.1, 0.15) is 48.9 Å². The summed E-state index contributed by atoms with van der Waals surface area (Å²) in [7, 11) is 0. The third kappa shape index (κ3) is 3.34. The number of carbonyl (C=O) groups is 1. The van der Waals surface area contributed by atoms with E-state index in [-0.39, 0.29) is 23.6 Å². The summed E-state index contributed by atoms with van der Waals surface area (Å²) in [5.74, 6) is 0.634. The zero-order valence-electron chi connectivity index (χ0n) is 13.2. The highest BCUT2D eigenvalue weighted by molar-refractivity contribution is 6.33. The van der Waals surface area contributed by atoms with Gasteiger partial charge in [0.2, 0.25) is 0 Å². The van der Waals surface area contributed by atoms with Crippen LogP contribution in [0, 0.1) is 0 Å². The van der Waals surface area contributed by atoms with Gasteiger partial charge in [0.1, 0.15) is 5.82 Å². The van der Waals surface area contributed by atoms with Crippen LogP contribution in [0.3, 0.4) is 0 Å². The fourth-order valence-electron chi connectivity index (χ4n) is 2.78. The van der Waals surface area contributed by atoms with Crippen LogP contribution in [0.4, 0.5) is 0 Å². The third-order valence-corrected chi connectivity index (χ3v) is 4.27. The summed E-state index contributed by atoms with van der Waals surface area (Å²) in [4.78, 5) is 23.3. The highest BCUT2D eigenvalue weighted by Crippen LogP contribution is 2.24. The zero-order chi connectivity index (χ0) is 16.4. The molecule has 1 amide bonds. The van der Waals surface area contributed by atoms with Crippen LogP contribution in [-0.2, 0) is 6.54 Å². The molecule has 3 rings (SSSR count). The molecule has 0 radical (unpaired) electrons. The van der Waals surface area contributed by atoms with Gasteiger partial charge in [-0.3, -0.25) is 9.48 Å². The predicted octanol–water partition coefficient (Wildman–Crippen LogP) is 2.15. The van der Waals surface area contributed by atoms with Crippen molar-refractivity contribution in [1.29, 1.82) is 0 Å². The van der Waals surface area contributed by atoms with Gasteiger partial charge in [0.15, 0.2) is 5.69 Å². The molecule has 1 aliphatic rings. The van der Waals surface area contributed by atoms with Crippen LogP contribution in [0.2, 0.25) is 5.02 Å². The lowest BCUT2D eigenvalue weighted by Crippen LogP contribution is -2.39. The van der Waals surface area contributed by atoms with Crippen molar-refractivity contribution in [3.8, 4) is 0 Å². The minimum Gasteiger partial charge on any atom is -0.332 e. The van der Waals surface area contributed by atoms with E-state index in [1.807, 2.05) is 18.7 Å². The molecule has 8 heteroatoms. The van der Waals surface area contributed by atoms with Crippen molar-refractivity contribution in [3.63, 3.8) is 0 Å². The predicted molar refractivity (Wildman–Crippen MR) is 85.2 cm³/mol. The molecule has 0 saturated carbocycles. The quantitative estimate of drug-likeness (QED) is 0.856. The van der Waals surface area contributed by atoms with Gasteiger partial charge in [0.05, 0.1) is 30.0 Å². The van der Waals surface area contributed by atoms with Gasteiger partial charge in [-0.15, -0.1) is 5.10 Å². The molecule has 7 nitrogen and oxygen atoms in total. The number of rotatable bonds is 4. The van der Waals surface area contributed by atoms with Crippen LogP contribution in [-0.4, -0.2) is 48.4 Å². The van der Waals surface area contributed by atoms with Gasteiger partial charge in [0, 0.05) is 18.7 Å². The molecule has 0 spiro atoms. The SMILES string of the molecule is CC(C)c1ncc(Cl)c(C(=O)N2CCC[C@H]2Cn2ccnn2)n1. The Balaban J connectivity index is 1.82. The first kappa shape index (κ1) is 15.9. The van der Waals surface area contributed by atoms with Crippen molar-refractivity contribution in [2.24, 2.45) is 0 Å². The summed E-state index contributed by atoms with van der Waals surface area (Å²) in [5, 5.41) is 8.08. The number of amides is 1. The molecule has 1 atom stereocenters. The maximum atomic E-state index is 12.9. The molecule has 3 heterocycles. The topological polar surface area (TPSA) is 76.8 Å².